The maximum Gasteiger partial charge on any atom is 0.377 e. The van der Waals surface area contributed by atoms with E-state index in [0.717, 1.165) is 7.11 Å². The lowest BCUT2D eigenvalue weighted by Crippen LogP contribution is -2.29. The first-order valence-corrected chi connectivity index (χ1v) is 2.38. The van der Waals surface area contributed by atoms with Crippen LogP contribution in [-0.2, 0) is 9.53 Å². The van der Waals surface area contributed by atoms with Crippen molar-refractivity contribution >= 4 is 5.97 Å². The molecule has 0 saturated heterocycles. The Hall–Kier alpha value is -1.18. The highest BCUT2D eigenvalue weighted by atomic mass is 19.3. The minimum atomic E-state index is -3.66. The summed E-state index contributed by atoms with van der Waals surface area (Å²) in [5.41, 5.74) is 0. The number of ether oxygens (including phenoxy) is 1. The number of hydrogen-bond donors (Lipinski definition) is 0. The molecule has 0 N–H and O–H groups in total. The topological polar surface area (TPSA) is 50.1 Å². The van der Waals surface area contributed by atoms with Gasteiger partial charge in [-0.3, -0.25) is 0 Å². The summed E-state index contributed by atoms with van der Waals surface area (Å²) in [6, 6.07) is 1.17. The third kappa shape index (κ3) is 1.97. The van der Waals surface area contributed by atoms with Gasteiger partial charge in [0.05, 0.1) is 13.2 Å². The van der Waals surface area contributed by atoms with Gasteiger partial charge in [0.2, 0.25) is 0 Å². The lowest BCUT2D eigenvalue weighted by molar-refractivity contribution is -0.167. The number of nitriles is 1. The molecule has 0 fully saturated rings. The van der Waals surface area contributed by atoms with Crippen molar-refractivity contribution in [1.82, 2.24) is 0 Å². The van der Waals surface area contributed by atoms with Gasteiger partial charge in [-0.25, -0.2) is 4.79 Å². The summed E-state index contributed by atoms with van der Waals surface area (Å²) in [6.07, 6.45) is -1.14. The molecule has 0 aliphatic heterocycles. The molecule has 3 nitrogen and oxygen atoms in total. The van der Waals surface area contributed by atoms with Crippen molar-refractivity contribution in [2.24, 2.45) is 0 Å². The van der Waals surface area contributed by atoms with Crippen molar-refractivity contribution < 1.29 is 18.3 Å². The maximum atomic E-state index is 12.1. The summed E-state index contributed by atoms with van der Waals surface area (Å²) in [7, 11) is 0.841. The first-order valence-electron chi connectivity index (χ1n) is 2.38. The Balaban J connectivity index is 4.13. The number of alkyl halides is 2. The molecule has 0 radical (unpaired) electrons. The van der Waals surface area contributed by atoms with Crippen LogP contribution in [0.3, 0.4) is 0 Å². The third-order valence-electron chi connectivity index (χ3n) is 0.785. The van der Waals surface area contributed by atoms with Crippen LogP contribution in [0.1, 0.15) is 6.42 Å². The number of carbonyl (C=O) groups is 1. The van der Waals surface area contributed by atoms with Gasteiger partial charge in [0.25, 0.3) is 0 Å². The highest BCUT2D eigenvalue weighted by Crippen LogP contribution is 2.18. The van der Waals surface area contributed by atoms with Crippen molar-refractivity contribution in [3.63, 3.8) is 0 Å². The number of carbonyl (C=O) groups excluding carboxylic acids is 1. The molecule has 0 aliphatic rings. The Kier molecular flexibility index (Phi) is 2.74. The van der Waals surface area contributed by atoms with Gasteiger partial charge in [0.1, 0.15) is 6.42 Å². The Labute approximate surface area is 56.2 Å². The summed E-state index contributed by atoms with van der Waals surface area (Å²) in [4.78, 5) is 10.1. The second-order valence-corrected chi connectivity index (χ2v) is 1.53. The summed E-state index contributed by atoms with van der Waals surface area (Å²) in [5, 5.41) is 7.81. The molecule has 0 aromatic rings. The monoisotopic (exact) mass is 149 g/mol. The molecule has 10 heavy (non-hydrogen) atoms. The number of esters is 1. The molecule has 0 bridgehead atoms. The van der Waals surface area contributed by atoms with Crippen molar-refractivity contribution in [3.8, 4) is 6.07 Å². The van der Waals surface area contributed by atoms with E-state index in [2.05, 4.69) is 4.74 Å². The Bertz CT molecular complexity index is 173. The van der Waals surface area contributed by atoms with Gasteiger partial charge < -0.3 is 4.74 Å². The van der Waals surface area contributed by atoms with E-state index in [1.807, 2.05) is 0 Å². The van der Waals surface area contributed by atoms with E-state index in [-0.39, 0.29) is 0 Å². The zero-order chi connectivity index (χ0) is 8.20. The molecule has 56 valence electrons. The SMILES string of the molecule is COC(=O)C(F)(F)CC#N. The summed E-state index contributed by atoms with van der Waals surface area (Å²) < 4.78 is 28.0. The lowest BCUT2D eigenvalue weighted by Gasteiger charge is -2.07. The highest BCUT2D eigenvalue weighted by molar-refractivity contribution is 5.77. The molecule has 0 aromatic heterocycles. The van der Waals surface area contributed by atoms with E-state index in [0.29, 0.717) is 0 Å². The fourth-order valence-corrected chi connectivity index (χ4v) is 0.321. The maximum absolute atomic E-state index is 12.1. The molecular weight excluding hydrogens is 144 g/mol. The average Bonchev–Trinajstić information content (AvgIpc) is 1.86. The Morgan fingerprint density at radius 2 is 2.30 bits per heavy atom. The van der Waals surface area contributed by atoms with Gasteiger partial charge in [-0.2, -0.15) is 14.0 Å². The second-order valence-electron chi connectivity index (χ2n) is 1.53. The van der Waals surface area contributed by atoms with Gasteiger partial charge in [-0.1, -0.05) is 0 Å². The van der Waals surface area contributed by atoms with Crippen LogP contribution in [0.4, 0.5) is 8.78 Å². The fraction of sp³-hybridized carbons (Fsp3) is 0.600. The van der Waals surface area contributed by atoms with Crippen molar-refractivity contribution in [3.05, 3.63) is 0 Å². The molecule has 0 amide bonds. The smallest absolute Gasteiger partial charge is 0.377 e. The number of nitrogens with zero attached hydrogens (tertiary/aromatic N) is 1. The second kappa shape index (κ2) is 3.11. The van der Waals surface area contributed by atoms with Gasteiger partial charge in [0.15, 0.2) is 0 Å². The third-order valence-corrected chi connectivity index (χ3v) is 0.785. The van der Waals surface area contributed by atoms with E-state index in [4.69, 9.17) is 5.26 Å². The van der Waals surface area contributed by atoms with Crippen LogP contribution in [0, 0.1) is 11.3 Å². The van der Waals surface area contributed by atoms with Gasteiger partial charge >= 0.3 is 11.9 Å². The van der Waals surface area contributed by atoms with E-state index < -0.39 is 18.3 Å². The number of halogens is 2. The van der Waals surface area contributed by atoms with Crippen LogP contribution in [0.5, 0.6) is 0 Å². The molecule has 0 unspecified atom stereocenters. The van der Waals surface area contributed by atoms with Crippen LogP contribution in [0.2, 0.25) is 0 Å². The van der Waals surface area contributed by atoms with E-state index in [9.17, 15) is 13.6 Å². The van der Waals surface area contributed by atoms with Crippen LogP contribution >= 0.6 is 0 Å². The number of rotatable bonds is 2. The summed E-state index contributed by atoms with van der Waals surface area (Å²) >= 11 is 0. The fourth-order valence-electron chi connectivity index (χ4n) is 0.321. The Morgan fingerprint density at radius 1 is 1.80 bits per heavy atom. The predicted molar refractivity (Wildman–Crippen MR) is 27.2 cm³/mol. The lowest BCUT2D eigenvalue weighted by atomic mass is 10.2. The molecule has 5 heteroatoms. The zero-order valence-corrected chi connectivity index (χ0v) is 5.23. The molecule has 0 aromatic carbocycles. The first-order chi connectivity index (χ1) is 4.54. The minimum absolute atomic E-state index is 0.841. The number of hydrogen-bond acceptors (Lipinski definition) is 3. The molecule has 0 saturated carbocycles. The van der Waals surface area contributed by atoms with E-state index in [1.165, 1.54) is 6.07 Å². The van der Waals surface area contributed by atoms with Crippen LogP contribution in [0.15, 0.2) is 0 Å². The highest BCUT2D eigenvalue weighted by Gasteiger charge is 2.39. The van der Waals surface area contributed by atoms with E-state index in [1.54, 1.807) is 0 Å². The predicted octanol–water partition coefficient (Wildman–Crippen LogP) is 0.708. The first kappa shape index (κ1) is 8.82. The van der Waals surface area contributed by atoms with Crippen LogP contribution in [0.25, 0.3) is 0 Å². The molecule has 0 heterocycles. The zero-order valence-electron chi connectivity index (χ0n) is 5.23. The quantitative estimate of drug-likeness (QED) is 0.543. The van der Waals surface area contributed by atoms with Crippen molar-refractivity contribution in [2.45, 2.75) is 12.3 Å². The van der Waals surface area contributed by atoms with E-state index >= 15 is 0 Å². The molecule has 0 spiro atoms. The number of methoxy groups -OCH3 is 1. The largest absolute Gasteiger partial charge is 0.465 e. The minimum Gasteiger partial charge on any atom is -0.465 e. The summed E-state index contributed by atoms with van der Waals surface area (Å²) in [6.45, 7) is 0. The van der Waals surface area contributed by atoms with Crippen LogP contribution < -0.4 is 0 Å². The Morgan fingerprint density at radius 3 is 2.60 bits per heavy atom. The average molecular weight is 149 g/mol. The standard InChI is InChI=1S/C5H5F2NO2/c1-10-4(9)5(6,7)2-3-8/h2H2,1H3. The van der Waals surface area contributed by atoms with Crippen LogP contribution in [-0.4, -0.2) is 19.0 Å². The van der Waals surface area contributed by atoms with Gasteiger partial charge in [-0.15, -0.1) is 0 Å². The van der Waals surface area contributed by atoms with Gasteiger partial charge in [0, 0.05) is 0 Å². The molecule has 0 aliphatic carbocycles. The van der Waals surface area contributed by atoms with Crippen molar-refractivity contribution in [1.29, 1.82) is 5.26 Å². The van der Waals surface area contributed by atoms with Crippen molar-refractivity contribution in [2.75, 3.05) is 7.11 Å². The van der Waals surface area contributed by atoms with Gasteiger partial charge in [-0.05, 0) is 0 Å². The normalized spacial score (nSPS) is 10.2. The molecular formula is C5H5F2NO2. The molecule has 0 atom stereocenters. The summed E-state index contributed by atoms with van der Waals surface area (Å²) in [5.74, 6) is -5.34. The molecule has 0 rings (SSSR count).